The number of nitrogens with zero attached hydrogens (tertiary/aromatic N) is 8. The molecular formula is C46H46N12O6. The van der Waals surface area contributed by atoms with Crippen LogP contribution in [0, 0.1) is 0 Å². The molecule has 2 aliphatic rings. The van der Waals surface area contributed by atoms with Crippen molar-refractivity contribution in [1.29, 1.82) is 0 Å². The van der Waals surface area contributed by atoms with E-state index in [4.69, 9.17) is 33.5 Å². The Kier molecular flexibility index (Phi) is 11.3. The Morgan fingerprint density at radius 2 is 1.33 bits per heavy atom. The van der Waals surface area contributed by atoms with E-state index in [0.29, 0.717) is 52.3 Å². The van der Waals surface area contributed by atoms with Crippen molar-refractivity contribution in [2.75, 3.05) is 17.2 Å². The number of aromatic amines is 2. The van der Waals surface area contributed by atoms with Crippen LogP contribution in [0.2, 0.25) is 0 Å². The molecule has 0 spiro atoms. The second kappa shape index (κ2) is 17.7. The van der Waals surface area contributed by atoms with Gasteiger partial charge in [-0.15, -0.1) is 0 Å². The van der Waals surface area contributed by atoms with Gasteiger partial charge in [-0.1, -0.05) is 12.1 Å². The minimum atomic E-state index is -0.402. The summed E-state index contributed by atoms with van der Waals surface area (Å²) in [5.74, 6) is 0.581. The Morgan fingerprint density at radius 1 is 0.734 bits per heavy atom. The number of nitrogens with one attached hydrogen (secondary N) is 4. The van der Waals surface area contributed by atoms with Crippen molar-refractivity contribution in [2.45, 2.75) is 82.8 Å². The highest BCUT2D eigenvalue weighted by molar-refractivity contribution is 6.05. The van der Waals surface area contributed by atoms with Gasteiger partial charge in [0.2, 0.25) is 0 Å². The highest BCUT2D eigenvalue weighted by Crippen LogP contribution is 2.39. The molecule has 5 atom stereocenters. The molecule has 0 aromatic carbocycles. The van der Waals surface area contributed by atoms with Gasteiger partial charge < -0.3 is 28.9 Å². The van der Waals surface area contributed by atoms with Crippen molar-refractivity contribution in [2.24, 2.45) is 0 Å². The summed E-state index contributed by atoms with van der Waals surface area (Å²) in [4.78, 5) is 36.3. The normalized spacial score (nSPS) is 19.0. The second-order valence-electron chi connectivity index (χ2n) is 16.1. The van der Waals surface area contributed by atoms with Crippen LogP contribution in [-0.2, 0) is 9.47 Å². The Balaban J connectivity index is 0.822. The fourth-order valence-electron chi connectivity index (χ4n) is 8.57. The lowest BCUT2D eigenvalue weighted by Crippen LogP contribution is -2.14. The minimum absolute atomic E-state index is 0.0352. The fourth-order valence-corrected chi connectivity index (χ4v) is 8.57. The molecule has 2 aliphatic carbocycles. The smallest absolute Gasteiger partial charge is 0.291 e. The average molecular weight is 863 g/mol. The largest absolute Gasteiger partial charge is 0.451 e. The number of furan rings is 2. The van der Waals surface area contributed by atoms with Crippen molar-refractivity contribution in [3.8, 4) is 45.4 Å². The highest BCUT2D eigenvalue weighted by Gasteiger charge is 2.32. The molecule has 8 heterocycles. The maximum atomic E-state index is 13.5. The molecule has 326 valence electrons. The molecule has 1 unspecified atom stereocenters. The van der Waals surface area contributed by atoms with Crippen LogP contribution in [-0.4, -0.2) is 80.6 Å². The number of aromatic nitrogens is 10. The third kappa shape index (κ3) is 8.52. The van der Waals surface area contributed by atoms with Crippen LogP contribution < -0.4 is 10.6 Å². The van der Waals surface area contributed by atoms with Crippen LogP contribution in [0.5, 0.6) is 0 Å². The lowest BCUT2D eigenvalue weighted by atomic mass is 10.1. The van der Waals surface area contributed by atoms with Crippen molar-refractivity contribution >= 4 is 23.2 Å². The zero-order chi connectivity index (χ0) is 43.6. The Morgan fingerprint density at radius 3 is 1.86 bits per heavy atom. The summed E-state index contributed by atoms with van der Waals surface area (Å²) in [6.07, 6.45) is 18.9. The Labute approximate surface area is 366 Å². The zero-order valence-corrected chi connectivity index (χ0v) is 35.2. The van der Waals surface area contributed by atoms with Crippen LogP contribution in [0.15, 0.2) is 113 Å². The van der Waals surface area contributed by atoms with Gasteiger partial charge in [0.25, 0.3) is 11.8 Å². The molecule has 18 nitrogen and oxygen atoms in total. The van der Waals surface area contributed by atoms with Gasteiger partial charge in [0.1, 0.15) is 22.9 Å². The maximum absolute atomic E-state index is 13.5. The third-order valence-corrected chi connectivity index (χ3v) is 11.9. The lowest BCUT2D eigenvalue weighted by molar-refractivity contribution is -0.00122. The first-order chi connectivity index (χ1) is 31.3. The van der Waals surface area contributed by atoms with Crippen LogP contribution >= 0.6 is 0 Å². The maximum Gasteiger partial charge on any atom is 0.291 e. The molecule has 10 rings (SSSR count). The number of hydrogen-bond acceptors (Lipinski definition) is 12. The van der Waals surface area contributed by atoms with Gasteiger partial charge in [-0.2, -0.15) is 20.4 Å². The van der Waals surface area contributed by atoms with Gasteiger partial charge in [0.15, 0.2) is 11.5 Å². The molecular weight excluding hydrogens is 817 g/mol. The van der Waals surface area contributed by atoms with Crippen molar-refractivity contribution in [3.05, 3.63) is 121 Å². The predicted molar refractivity (Wildman–Crippen MR) is 234 cm³/mol. The fraction of sp³-hybridized carbons (Fsp3) is 0.304. The van der Waals surface area contributed by atoms with E-state index < -0.39 is 11.8 Å². The summed E-state index contributed by atoms with van der Waals surface area (Å²) in [6.45, 7) is 4.69. The molecule has 0 bridgehead atoms. The van der Waals surface area contributed by atoms with Gasteiger partial charge in [-0.05, 0) is 100 Å². The topological polar surface area (TPSA) is 222 Å². The number of carbonyl (C=O) groups excluding carboxylic acids is 2. The molecule has 4 N–H and O–H groups in total. The Hall–Kier alpha value is -7.44. The summed E-state index contributed by atoms with van der Waals surface area (Å²) in [7, 11) is 0. The van der Waals surface area contributed by atoms with E-state index in [1.54, 1.807) is 61.4 Å². The van der Waals surface area contributed by atoms with Crippen LogP contribution in [0.1, 0.15) is 97.2 Å². The number of amides is 2. The van der Waals surface area contributed by atoms with E-state index in [0.717, 1.165) is 55.2 Å². The quantitative estimate of drug-likeness (QED) is 0.0760. The van der Waals surface area contributed by atoms with E-state index in [2.05, 4.69) is 36.0 Å². The van der Waals surface area contributed by atoms with E-state index >= 15 is 0 Å². The van der Waals surface area contributed by atoms with Gasteiger partial charge in [-0.25, -0.2) is 0 Å². The van der Waals surface area contributed by atoms with E-state index in [9.17, 15) is 9.59 Å². The summed E-state index contributed by atoms with van der Waals surface area (Å²) in [5, 5.41) is 29.4. The van der Waals surface area contributed by atoms with E-state index in [1.165, 1.54) is 0 Å². The van der Waals surface area contributed by atoms with E-state index in [1.807, 2.05) is 65.9 Å². The van der Waals surface area contributed by atoms with Crippen molar-refractivity contribution in [3.63, 3.8) is 0 Å². The molecule has 8 aromatic heterocycles. The number of rotatable bonds is 15. The zero-order valence-electron chi connectivity index (χ0n) is 35.2. The average Bonchev–Trinajstić information content (AvgIpc) is 4.14. The summed E-state index contributed by atoms with van der Waals surface area (Å²) in [5.41, 5.74) is 5.81. The molecule has 8 aromatic rings. The first kappa shape index (κ1) is 40.6. The van der Waals surface area contributed by atoms with Crippen LogP contribution in [0.4, 0.5) is 11.4 Å². The third-order valence-electron chi connectivity index (χ3n) is 11.9. The Bertz CT molecular complexity index is 2830. The number of ether oxygens (including phenoxy) is 2. The van der Waals surface area contributed by atoms with Crippen molar-refractivity contribution in [1.82, 2.24) is 49.9 Å². The molecule has 0 saturated heterocycles. The van der Waals surface area contributed by atoms with Crippen LogP contribution in [0.25, 0.3) is 45.4 Å². The molecule has 0 aliphatic heterocycles. The van der Waals surface area contributed by atoms with Crippen LogP contribution in [0.3, 0.4) is 0 Å². The molecule has 0 radical (unpaired) electrons. The summed E-state index contributed by atoms with van der Waals surface area (Å²) >= 11 is 0. The van der Waals surface area contributed by atoms with Crippen molar-refractivity contribution < 1.29 is 27.9 Å². The molecule has 18 heteroatoms. The van der Waals surface area contributed by atoms with Gasteiger partial charge >= 0.3 is 0 Å². The molecule has 2 amide bonds. The van der Waals surface area contributed by atoms with Gasteiger partial charge in [-0.3, -0.25) is 39.1 Å². The first-order valence-corrected chi connectivity index (χ1v) is 21.5. The second-order valence-corrected chi connectivity index (χ2v) is 16.1. The molecule has 2 fully saturated rings. The molecule has 64 heavy (non-hydrogen) atoms. The highest BCUT2D eigenvalue weighted by atomic mass is 16.5. The standard InChI is InChI=1S/C46H46N12O6/c1-3-61-33-10-8-31(18-33)57-26-38(54-46(60)42-16-14-40(64-42)30-23-51-52-24-30)44(56-57)36-12-7-28(20-48-36)27(2)62-34-11-9-32(19-34)58-25-37(43(55-58)35-6-4-5-17-47-35)53-45(59)41-15-13-39(63-41)29-21-49-50-22-29/h4-7,12-17,20-27,31-34H,3,8-11,18-19H2,1-2H3,(H,49,50)(H,51,52)(H,53,59)(H,54,60)/t27?,31-,32-,33+,34+/m0/s1. The number of anilines is 2. The number of carbonyl (C=O) groups is 2. The number of pyridine rings is 2. The monoisotopic (exact) mass is 862 g/mol. The first-order valence-electron chi connectivity index (χ1n) is 21.5. The van der Waals surface area contributed by atoms with Gasteiger partial charge in [0.05, 0.1) is 76.7 Å². The SMILES string of the molecule is CCO[C@@H]1CC[C@H](n2cc(NC(=O)c3ccc(-c4cn[nH]c4)o3)c(-c3ccc(C(C)O[C@@H]4CC[C@H](n5cc(NC(=O)c6ccc(-c7cn[nH]c7)o6)c(-c6ccccn6)n5)C4)cn3)n2)C1. The summed E-state index contributed by atoms with van der Waals surface area (Å²) < 4.78 is 28.1. The predicted octanol–water partition coefficient (Wildman–Crippen LogP) is 8.68. The summed E-state index contributed by atoms with van der Waals surface area (Å²) in [6, 6.07) is 16.4. The van der Waals surface area contributed by atoms with E-state index in [-0.39, 0.29) is 41.9 Å². The number of hydrogen-bond donors (Lipinski definition) is 4. The minimum Gasteiger partial charge on any atom is -0.451 e. The lowest BCUT2D eigenvalue weighted by Gasteiger charge is -2.19. The number of H-pyrrole nitrogens is 2. The molecule has 2 saturated carbocycles. The van der Waals surface area contributed by atoms with Gasteiger partial charge in [0, 0.05) is 43.8 Å².